The summed E-state index contributed by atoms with van der Waals surface area (Å²) in [5, 5.41) is 8.61. The van der Waals surface area contributed by atoms with E-state index in [1.54, 1.807) is 0 Å². The molecule has 0 saturated carbocycles. The van der Waals surface area contributed by atoms with E-state index in [2.05, 4.69) is 60.8 Å². The maximum atomic E-state index is 13.7. The fourth-order valence-electron chi connectivity index (χ4n) is 5.28. The molecule has 7 heteroatoms. The lowest BCUT2D eigenvalue weighted by molar-refractivity contribution is 0.0723. The molecule has 3 heterocycles. The number of hydrogen-bond donors (Lipinski definition) is 1. The Labute approximate surface area is 216 Å². The lowest BCUT2D eigenvalue weighted by atomic mass is 10.0. The fraction of sp³-hybridized carbons (Fsp3) is 0.517. The number of amides is 1. The Morgan fingerprint density at radius 2 is 1.83 bits per heavy atom. The van der Waals surface area contributed by atoms with Crippen LogP contribution < -0.4 is 5.32 Å². The van der Waals surface area contributed by atoms with E-state index in [1.807, 2.05) is 35.7 Å². The summed E-state index contributed by atoms with van der Waals surface area (Å²) in [6.07, 6.45) is 7.43. The zero-order valence-corrected chi connectivity index (χ0v) is 22.7. The maximum absolute atomic E-state index is 13.7. The second-order valence-corrected chi connectivity index (χ2v) is 10.3. The highest BCUT2D eigenvalue weighted by atomic mass is 16.2. The third-order valence-corrected chi connectivity index (χ3v) is 7.48. The van der Waals surface area contributed by atoms with Crippen LogP contribution in [-0.2, 0) is 0 Å². The lowest BCUT2D eigenvalue weighted by Gasteiger charge is -2.27. The van der Waals surface area contributed by atoms with Gasteiger partial charge in [-0.1, -0.05) is 25.1 Å². The van der Waals surface area contributed by atoms with Crippen LogP contribution >= 0.6 is 0 Å². The molecule has 7 nitrogen and oxygen atoms in total. The molecule has 1 saturated heterocycles. The van der Waals surface area contributed by atoms with Crippen molar-refractivity contribution >= 4 is 17.4 Å². The normalized spacial score (nSPS) is 20.7. The van der Waals surface area contributed by atoms with E-state index < -0.39 is 0 Å². The summed E-state index contributed by atoms with van der Waals surface area (Å²) in [7, 11) is 4.04. The average Bonchev–Trinajstić information content (AvgIpc) is 3.52. The van der Waals surface area contributed by atoms with Crippen LogP contribution in [0, 0.1) is 13.8 Å². The Bertz CT molecular complexity index is 1130. The van der Waals surface area contributed by atoms with Gasteiger partial charge in [0, 0.05) is 63.4 Å². The van der Waals surface area contributed by atoms with E-state index in [0.717, 1.165) is 85.2 Å². The zero-order chi connectivity index (χ0) is 25.8. The van der Waals surface area contributed by atoms with Crippen molar-refractivity contribution in [3.8, 4) is 0 Å². The highest BCUT2D eigenvalue weighted by Gasteiger charge is 2.27. The first-order chi connectivity index (χ1) is 17.3. The number of nitrogens with one attached hydrogen (secondary N) is 1. The fourth-order valence-corrected chi connectivity index (χ4v) is 5.28. The van der Waals surface area contributed by atoms with Crippen molar-refractivity contribution in [1.82, 2.24) is 24.5 Å². The average molecular weight is 491 g/mol. The molecule has 2 aromatic rings. The van der Waals surface area contributed by atoms with E-state index in [4.69, 9.17) is 5.10 Å². The van der Waals surface area contributed by atoms with Gasteiger partial charge < -0.3 is 20.0 Å². The van der Waals surface area contributed by atoms with Crippen LogP contribution in [0.5, 0.6) is 0 Å². The summed E-state index contributed by atoms with van der Waals surface area (Å²) >= 11 is 0. The van der Waals surface area contributed by atoms with Crippen molar-refractivity contribution < 1.29 is 4.79 Å². The Morgan fingerprint density at radius 3 is 2.56 bits per heavy atom. The van der Waals surface area contributed by atoms with Crippen molar-refractivity contribution in [3.05, 3.63) is 65.1 Å². The third-order valence-electron chi connectivity index (χ3n) is 7.48. The van der Waals surface area contributed by atoms with Crippen molar-refractivity contribution in [2.45, 2.75) is 58.9 Å². The lowest BCUT2D eigenvalue weighted by Crippen LogP contribution is -2.32. The molecule has 194 valence electrons. The topological polar surface area (TPSA) is 56.6 Å². The summed E-state index contributed by atoms with van der Waals surface area (Å²) < 4.78 is 2.04. The highest BCUT2D eigenvalue weighted by Crippen LogP contribution is 2.29. The van der Waals surface area contributed by atoms with Crippen molar-refractivity contribution in [1.29, 1.82) is 0 Å². The predicted molar refractivity (Wildman–Crippen MR) is 148 cm³/mol. The number of nitrogens with zero attached hydrogens (tertiary/aromatic N) is 5. The summed E-state index contributed by atoms with van der Waals surface area (Å²) in [6.45, 7) is 14.5. The van der Waals surface area contributed by atoms with Crippen LogP contribution in [-0.4, -0.2) is 70.7 Å². The van der Waals surface area contributed by atoms with Crippen LogP contribution in [0.4, 0.5) is 5.69 Å². The van der Waals surface area contributed by atoms with Crippen LogP contribution in [0.2, 0.25) is 0 Å². The molecule has 2 aliphatic heterocycles. The van der Waals surface area contributed by atoms with Crippen molar-refractivity contribution in [2.75, 3.05) is 45.6 Å². The molecule has 2 bridgehead atoms. The minimum atomic E-state index is -0.121. The summed E-state index contributed by atoms with van der Waals surface area (Å²) in [6, 6.07) is 8.09. The first-order valence-corrected chi connectivity index (χ1v) is 13.4. The Kier molecular flexibility index (Phi) is 8.07. The molecule has 1 fully saturated rings. The third kappa shape index (κ3) is 5.45. The second-order valence-electron chi connectivity index (χ2n) is 10.3. The number of carbonyl (C=O) groups is 1. The number of allylic oxidation sites excluding steroid dienone is 1. The number of fused-ring (bicyclic) bond motifs is 3. The zero-order valence-electron chi connectivity index (χ0n) is 22.7. The Balaban J connectivity index is 1.75. The molecular formula is C29H42N6O. The van der Waals surface area contributed by atoms with Gasteiger partial charge in [-0.25, -0.2) is 4.68 Å². The first-order valence-electron chi connectivity index (χ1n) is 13.4. The van der Waals surface area contributed by atoms with Crippen molar-refractivity contribution in [2.24, 2.45) is 0 Å². The number of rotatable bonds is 3. The van der Waals surface area contributed by atoms with Gasteiger partial charge in [0.2, 0.25) is 0 Å². The van der Waals surface area contributed by atoms with E-state index in [-0.39, 0.29) is 11.9 Å². The molecule has 0 aliphatic carbocycles. The van der Waals surface area contributed by atoms with E-state index in [1.165, 1.54) is 12.8 Å². The van der Waals surface area contributed by atoms with Crippen LogP contribution in [0.15, 0.2) is 42.6 Å². The first kappa shape index (κ1) is 25.9. The van der Waals surface area contributed by atoms with Gasteiger partial charge in [-0.15, -0.1) is 0 Å². The summed E-state index contributed by atoms with van der Waals surface area (Å²) in [4.78, 5) is 20.2. The number of anilines is 1. The SMILES string of the molecule is C=C(/C=C1/N(C)CCCCNc2ccc(C)cc2C(=O)N(C)C(CC)c2cc(C)n1n2)N1CCCC1. The van der Waals surface area contributed by atoms with Gasteiger partial charge in [-0.2, -0.15) is 5.10 Å². The second kappa shape index (κ2) is 11.2. The molecule has 1 N–H and O–H groups in total. The molecule has 2 aliphatic rings. The van der Waals surface area contributed by atoms with Gasteiger partial charge in [-0.3, -0.25) is 4.79 Å². The number of benzene rings is 1. The smallest absolute Gasteiger partial charge is 0.256 e. The number of hydrogen-bond acceptors (Lipinski definition) is 5. The van der Waals surface area contributed by atoms with Gasteiger partial charge >= 0.3 is 0 Å². The van der Waals surface area contributed by atoms with Crippen LogP contribution in [0.25, 0.3) is 5.82 Å². The number of likely N-dealkylation sites (tertiary alicyclic amines) is 1. The molecule has 0 radical (unpaired) electrons. The molecule has 1 atom stereocenters. The van der Waals surface area contributed by atoms with Crippen LogP contribution in [0.1, 0.15) is 72.4 Å². The quantitative estimate of drug-likeness (QED) is 0.635. The molecule has 1 amide bonds. The molecular weight excluding hydrogens is 448 g/mol. The van der Waals surface area contributed by atoms with Gasteiger partial charge in [0.05, 0.1) is 17.3 Å². The molecule has 0 spiro atoms. The van der Waals surface area contributed by atoms with Crippen molar-refractivity contribution in [3.63, 3.8) is 0 Å². The molecule has 1 aromatic carbocycles. The molecule has 4 rings (SSSR count). The van der Waals surface area contributed by atoms with Crippen LogP contribution in [0.3, 0.4) is 0 Å². The number of aromatic nitrogens is 2. The monoisotopic (exact) mass is 490 g/mol. The standard InChI is InChI=1S/C29H42N6O/c1-7-27-26-19-23(4)35(31-26)28(20-22(3)34-16-10-11-17-34)32(5)15-9-8-14-30-25-13-12-21(2)18-24(25)29(36)33(27)6/h12-13,18-20,27,30H,3,7-11,14-17H2,1-2,4-6H3/b28-20-. The van der Waals surface area contributed by atoms with Gasteiger partial charge in [0.1, 0.15) is 5.82 Å². The number of carbonyl (C=O) groups excluding carboxylic acids is 1. The molecule has 1 aromatic heterocycles. The number of aryl methyl sites for hydroxylation is 2. The highest BCUT2D eigenvalue weighted by molar-refractivity contribution is 6.00. The summed E-state index contributed by atoms with van der Waals surface area (Å²) in [5.74, 6) is 1.05. The van der Waals surface area contributed by atoms with E-state index in [0.29, 0.717) is 0 Å². The Hall–Kier alpha value is -3.22. The predicted octanol–water partition coefficient (Wildman–Crippen LogP) is 5.27. The van der Waals surface area contributed by atoms with Gasteiger partial charge in [0.25, 0.3) is 5.91 Å². The molecule has 36 heavy (non-hydrogen) atoms. The largest absolute Gasteiger partial charge is 0.384 e. The maximum Gasteiger partial charge on any atom is 0.256 e. The van der Waals surface area contributed by atoms with Gasteiger partial charge in [-0.05, 0) is 64.2 Å². The minimum Gasteiger partial charge on any atom is -0.384 e. The minimum absolute atomic E-state index is 0.0189. The Morgan fingerprint density at radius 1 is 1.11 bits per heavy atom. The molecule has 1 unspecified atom stereocenters. The van der Waals surface area contributed by atoms with E-state index in [9.17, 15) is 4.79 Å². The van der Waals surface area contributed by atoms with E-state index >= 15 is 0 Å². The summed E-state index contributed by atoms with van der Waals surface area (Å²) in [5.41, 5.74) is 5.71. The van der Waals surface area contributed by atoms with Gasteiger partial charge in [0.15, 0.2) is 0 Å².